The SMILES string of the molecule is Cc1cc(Nc2cc(C(F)(F)F)ccc2Cl)nc(NC(C)C)n1. The zero-order valence-electron chi connectivity index (χ0n) is 12.8. The Hall–Kier alpha value is -2.02. The van der Waals surface area contributed by atoms with Crippen LogP contribution in [0.4, 0.5) is 30.6 Å². The summed E-state index contributed by atoms with van der Waals surface area (Å²) < 4.78 is 38.4. The molecule has 124 valence electrons. The Morgan fingerprint density at radius 2 is 1.83 bits per heavy atom. The van der Waals surface area contributed by atoms with Crippen LogP contribution in [0.25, 0.3) is 0 Å². The van der Waals surface area contributed by atoms with E-state index in [9.17, 15) is 13.2 Å². The van der Waals surface area contributed by atoms with Crippen LogP contribution in [0.1, 0.15) is 25.1 Å². The van der Waals surface area contributed by atoms with E-state index in [1.807, 2.05) is 13.8 Å². The molecule has 2 aromatic rings. The van der Waals surface area contributed by atoms with Gasteiger partial charge in [0.15, 0.2) is 0 Å². The molecule has 0 amide bonds. The normalized spacial score (nSPS) is 11.7. The molecule has 2 N–H and O–H groups in total. The third kappa shape index (κ3) is 4.72. The average molecular weight is 345 g/mol. The molecule has 0 saturated heterocycles. The van der Waals surface area contributed by atoms with Gasteiger partial charge in [-0.15, -0.1) is 0 Å². The van der Waals surface area contributed by atoms with E-state index in [0.717, 1.165) is 12.1 Å². The number of aryl methyl sites for hydroxylation is 1. The number of nitrogens with one attached hydrogen (secondary N) is 2. The highest BCUT2D eigenvalue weighted by Gasteiger charge is 2.31. The monoisotopic (exact) mass is 344 g/mol. The largest absolute Gasteiger partial charge is 0.416 e. The Balaban J connectivity index is 2.33. The molecular weight excluding hydrogens is 329 g/mol. The number of rotatable bonds is 4. The molecule has 4 nitrogen and oxygen atoms in total. The minimum absolute atomic E-state index is 0.127. The van der Waals surface area contributed by atoms with Crippen molar-refractivity contribution in [1.29, 1.82) is 0 Å². The summed E-state index contributed by atoms with van der Waals surface area (Å²) in [5.41, 5.74) is 0.0274. The van der Waals surface area contributed by atoms with E-state index in [2.05, 4.69) is 20.6 Å². The lowest BCUT2D eigenvalue weighted by molar-refractivity contribution is -0.137. The molecule has 0 bridgehead atoms. The Bertz CT molecular complexity index is 702. The summed E-state index contributed by atoms with van der Waals surface area (Å²) in [5, 5.41) is 6.04. The molecule has 0 unspecified atom stereocenters. The van der Waals surface area contributed by atoms with E-state index in [1.54, 1.807) is 13.0 Å². The number of halogens is 4. The highest BCUT2D eigenvalue weighted by molar-refractivity contribution is 6.33. The number of hydrogen-bond donors (Lipinski definition) is 2. The van der Waals surface area contributed by atoms with Crippen LogP contribution in [0.2, 0.25) is 5.02 Å². The number of hydrogen-bond acceptors (Lipinski definition) is 4. The van der Waals surface area contributed by atoms with Crippen molar-refractivity contribution >= 4 is 29.1 Å². The molecular formula is C15H16ClF3N4. The molecule has 8 heteroatoms. The van der Waals surface area contributed by atoms with Gasteiger partial charge in [0.05, 0.1) is 16.3 Å². The van der Waals surface area contributed by atoms with E-state index in [0.29, 0.717) is 17.5 Å². The highest BCUT2D eigenvalue weighted by atomic mass is 35.5. The van der Waals surface area contributed by atoms with Gasteiger partial charge in [-0.2, -0.15) is 18.2 Å². The lowest BCUT2D eigenvalue weighted by Gasteiger charge is -2.14. The Morgan fingerprint density at radius 1 is 1.13 bits per heavy atom. The summed E-state index contributed by atoms with van der Waals surface area (Å²) in [6.45, 7) is 5.64. The number of nitrogens with zero attached hydrogens (tertiary/aromatic N) is 2. The maximum absolute atomic E-state index is 12.8. The van der Waals surface area contributed by atoms with Gasteiger partial charge >= 0.3 is 6.18 Å². The summed E-state index contributed by atoms with van der Waals surface area (Å²) in [4.78, 5) is 8.45. The summed E-state index contributed by atoms with van der Waals surface area (Å²) >= 11 is 5.97. The van der Waals surface area contributed by atoms with Crippen LogP contribution >= 0.6 is 11.6 Å². The molecule has 0 spiro atoms. The second-order valence-electron chi connectivity index (χ2n) is 5.33. The average Bonchev–Trinajstić information content (AvgIpc) is 2.38. The molecule has 0 aliphatic heterocycles. The van der Waals surface area contributed by atoms with Gasteiger partial charge in [-0.1, -0.05) is 11.6 Å². The Labute approximate surface area is 137 Å². The van der Waals surface area contributed by atoms with Gasteiger partial charge in [-0.05, 0) is 39.0 Å². The minimum atomic E-state index is -4.44. The predicted molar refractivity (Wildman–Crippen MR) is 85.3 cm³/mol. The standard InChI is InChI=1S/C15H16ClF3N4/c1-8(2)20-14-21-9(3)6-13(23-14)22-12-7-10(15(17,18)19)4-5-11(12)16/h4-8H,1-3H3,(H2,20,21,22,23). The fourth-order valence-electron chi connectivity index (χ4n) is 1.89. The molecule has 2 rings (SSSR count). The molecule has 0 saturated carbocycles. The van der Waals surface area contributed by atoms with Gasteiger partial charge in [0.25, 0.3) is 0 Å². The molecule has 0 aliphatic carbocycles. The topological polar surface area (TPSA) is 49.8 Å². The zero-order valence-corrected chi connectivity index (χ0v) is 13.5. The van der Waals surface area contributed by atoms with Crippen LogP contribution in [0.3, 0.4) is 0 Å². The predicted octanol–water partition coefficient (Wildman–Crippen LogP) is 5.02. The van der Waals surface area contributed by atoms with Gasteiger partial charge < -0.3 is 10.6 Å². The zero-order chi connectivity index (χ0) is 17.2. The Morgan fingerprint density at radius 3 is 2.43 bits per heavy atom. The third-order valence-corrected chi connectivity index (χ3v) is 3.16. The summed E-state index contributed by atoms with van der Waals surface area (Å²) in [7, 11) is 0. The van der Waals surface area contributed by atoms with Crippen LogP contribution in [0.15, 0.2) is 24.3 Å². The number of alkyl halides is 3. The summed E-state index contributed by atoms with van der Waals surface area (Å²) in [6.07, 6.45) is -4.44. The second kappa shape index (κ2) is 6.62. The van der Waals surface area contributed by atoms with Crippen molar-refractivity contribution in [3.63, 3.8) is 0 Å². The van der Waals surface area contributed by atoms with Crippen LogP contribution < -0.4 is 10.6 Å². The molecule has 1 heterocycles. The molecule has 0 fully saturated rings. The molecule has 0 atom stereocenters. The van der Waals surface area contributed by atoms with Gasteiger partial charge in [0.1, 0.15) is 5.82 Å². The first-order valence-corrected chi connectivity index (χ1v) is 7.29. The molecule has 1 aromatic carbocycles. The van der Waals surface area contributed by atoms with Crippen molar-refractivity contribution < 1.29 is 13.2 Å². The number of aromatic nitrogens is 2. The lowest BCUT2D eigenvalue weighted by Crippen LogP contribution is -2.13. The van der Waals surface area contributed by atoms with E-state index < -0.39 is 11.7 Å². The summed E-state index contributed by atoms with van der Waals surface area (Å²) in [6, 6.07) is 4.84. The van der Waals surface area contributed by atoms with Crippen molar-refractivity contribution in [2.24, 2.45) is 0 Å². The first-order valence-electron chi connectivity index (χ1n) is 6.91. The second-order valence-corrected chi connectivity index (χ2v) is 5.74. The van der Waals surface area contributed by atoms with Crippen molar-refractivity contribution in [1.82, 2.24) is 9.97 Å². The first kappa shape index (κ1) is 17.3. The van der Waals surface area contributed by atoms with E-state index in [4.69, 9.17) is 11.6 Å². The Kier molecular flexibility index (Phi) is 4.99. The smallest absolute Gasteiger partial charge is 0.352 e. The lowest BCUT2D eigenvalue weighted by atomic mass is 10.2. The van der Waals surface area contributed by atoms with Crippen LogP contribution in [0.5, 0.6) is 0 Å². The summed E-state index contributed by atoms with van der Waals surface area (Å²) in [5.74, 6) is 0.757. The van der Waals surface area contributed by atoms with Gasteiger partial charge in [0, 0.05) is 17.8 Å². The van der Waals surface area contributed by atoms with Crippen molar-refractivity contribution in [2.75, 3.05) is 10.6 Å². The maximum atomic E-state index is 12.8. The molecule has 0 radical (unpaired) electrons. The number of anilines is 3. The fraction of sp³-hybridized carbons (Fsp3) is 0.333. The van der Waals surface area contributed by atoms with E-state index in [-0.39, 0.29) is 16.8 Å². The highest BCUT2D eigenvalue weighted by Crippen LogP contribution is 2.34. The first-order chi connectivity index (χ1) is 10.6. The minimum Gasteiger partial charge on any atom is -0.352 e. The van der Waals surface area contributed by atoms with Gasteiger partial charge in [0.2, 0.25) is 5.95 Å². The molecule has 0 aliphatic rings. The molecule has 23 heavy (non-hydrogen) atoms. The van der Waals surface area contributed by atoms with Crippen LogP contribution in [0, 0.1) is 6.92 Å². The quantitative estimate of drug-likeness (QED) is 0.817. The third-order valence-electron chi connectivity index (χ3n) is 2.83. The van der Waals surface area contributed by atoms with Crippen molar-refractivity contribution in [2.45, 2.75) is 33.0 Å². The number of benzene rings is 1. The van der Waals surface area contributed by atoms with E-state index >= 15 is 0 Å². The van der Waals surface area contributed by atoms with Crippen molar-refractivity contribution in [3.05, 3.63) is 40.5 Å². The fourth-order valence-corrected chi connectivity index (χ4v) is 2.06. The van der Waals surface area contributed by atoms with Crippen LogP contribution in [-0.4, -0.2) is 16.0 Å². The van der Waals surface area contributed by atoms with Gasteiger partial charge in [-0.25, -0.2) is 4.98 Å². The maximum Gasteiger partial charge on any atom is 0.416 e. The van der Waals surface area contributed by atoms with E-state index in [1.165, 1.54) is 6.07 Å². The molecule has 1 aromatic heterocycles. The van der Waals surface area contributed by atoms with Crippen LogP contribution in [-0.2, 0) is 6.18 Å². The van der Waals surface area contributed by atoms with Crippen molar-refractivity contribution in [3.8, 4) is 0 Å². The van der Waals surface area contributed by atoms with Gasteiger partial charge in [-0.3, -0.25) is 0 Å².